The molecule has 0 amide bonds. The molecule has 0 saturated heterocycles. The SMILES string of the molecule is O=NN(Cc1ccccc1)n1nnc(-c2ccccc2)n1. The van der Waals surface area contributed by atoms with Gasteiger partial charge in [0.25, 0.3) is 0 Å². The predicted octanol–water partition coefficient (Wildman–Crippen LogP) is 2.16. The van der Waals surface area contributed by atoms with Crippen molar-refractivity contribution < 1.29 is 0 Å². The molecule has 0 aliphatic heterocycles. The van der Waals surface area contributed by atoms with Gasteiger partial charge in [0.1, 0.15) is 0 Å². The normalized spacial score (nSPS) is 10.3. The third-order valence-corrected chi connectivity index (χ3v) is 2.90. The third-order valence-electron chi connectivity index (χ3n) is 2.90. The first kappa shape index (κ1) is 12.9. The van der Waals surface area contributed by atoms with Crippen LogP contribution in [0.3, 0.4) is 0 Å². The van der Waals surface area contributed by atoms with Gasteiger partial charge in [-0.05, 0) is 15.7 Å². The Labute approximate surface area is 120 Å². The van der Waals surface area contributed by atoms with Crippen LogP contribution in [-0.4, -0.2) is 20.3 Å². The van der Waals surface area contributed by atoms with E-state index in [4.69, 9.17) is 0 Å². The molecule has 0 unspecified atom stereocenters. The van der Waals surface area contributed by atoms with Gasteiger partial charge in [0.2, 0.25) is 5.82 Å². The summed E-state index contributed by atoms with van der Waals surface area (Å²) in [5, 5.41) is 16.0. The standard InChI is InChI=1S/C14H12N6O/c21-18-19(11-12-7-3-1-4-8-12)20-16-14(15-17-20)13-9-5-2-6-10-13/h1-10H,11H2. The van der Waals surface area contributed by atoms with E-state index < -0.39 is 0 Å². The molecule has 1 heterocycles. The zero-order chi connectivity index (χ0) is 14.5. The van der Waals surface area contributed by atoms with Crippen LogP contribution in [0.15, 0.2) is 65.9 Å². The Bertz CT molecular complexity index is 713. The highest BCUT2D eigenvalue weighted by Crippen LogP contribution is 2.12. The summed E-state index contributed by atoms with van der Waals surface area (Å²) in [5.74, 6) is 0.442. The van der Waals surface area contributed by atoms with E-state index in [2.05, 4.69) is 20.7 Å². The summed E-state index contributed by atoms with van der Waals surface area (Å²) < 4.78 is 0. The molecule has 0 atom stereocenters. The van der Waals surface area contributed by atoms with E-state index in [1.807, 2.05) is 60.7 Å². The zero-order valence-corrected chi connectivity index (χ0v) is 11.1. The first-order chi connectivity index (χ1) is 10.4. The highest BCUT2D eigenvalue weighted by atomic mass is 16.3. The highest BCUT2D eigenvalue weighted by molar-refractivity contribution is 5.52. The molecular weight excluding hydrogens is 268 g/mol. The van der Waals surface area contributed by atoms with Crippen molar-refractivity contribution >= 4 is 0 Å². The van der Waals surface area contributed by atoms with Gasteiger partial charge in [0.15, 0.2) is 0 Å². The van der Waals surface area contributed by atoms with Crippen molar-refractivity contribution in [1.29, 1.82) is 0 Å². The molecule has 1 aromatic heterocycles. The van der Waals surface area contributed by atoms with Crippen LogP contribution in [0.25, 0.3) is 11.4 Å². The van der Waals surface area contributed by atoms with Gasteiger partial charge in [0, 0.05) is 5.56 Å². The summed E-state index contributed by atoms with van der Waals surface area (Å²) >= 11 is 0. The summed E-state index contributed by atoms with van der Waals surface area (Å²) in [6, 6.07) is 18.9. The van der Waals surface area contributed by atoms with Crippen molar-refractivity contribution in [2.75, 3.05) is 5.12 Å². The molecule has 0 bridgehead atoms. The fraction of sp³-hybridized carbons (Fsp3) is 0.0714. The number of hydrogen-bond donors (Lipinski definition) is 0. The van der Waals surface area contributed by atoms with Gasteiger partial charge in [-0.2, -0.15) is 0 Å². The molecule has 3 rings (SSSR count). The Hall–Kier alpha value is -3.09. The zero-order valence-electron chi connectivity index (χ0n) is 11.1. The number of rotatable bonds is 5. The average molecular weight is 280 g/mol. The van der Waals surface area contributed by atoms with E-state index >= 15 is 0 Å². The summed E-state index contributed by atoms with van der Waals surface area (Å²) in [6.07, 6.45) is 0. The van der Waals surface area contributed by atoms with Gasteiger partial charge >= 0.3 is 0 Å². The Morgan fingerprint density at radius 1 is 1.00 bits per heavy atom. The van der Waals surface area contributed by atoms with Gasteiger partial charge in [-0.15, -0.1) is 20.2 Å². The van der Waals surface area contributed by atoms with E-state index in [-0.39, 0.29) is 6.54 Å². The van der Waals surface area contributed by atoms with Crippen LogP contribution in [0.4, 0.5) is 0 Å². The van der Waals surface area contributed by atoms with Gasteiger partial charge in [-0.25, -0.2) is 0 Å². The van der Waals surface area contributed by atoms with Crippen LogP contribution in [0, 0.1) is 4.91 Å². The molecule has 104 valence electrons. The number of nitrogens with zero attached hydrogens (tertiary/aromatic N) is 6. The minimum atomic E-state index is 0.273. The Morgan fingerprint density at radius 3 is 2.33 bits per heavy atom. The molecule has 7 heteroatoms. The van der Waals surface area contributed by atoms with Crippen molar-refractivity contribution in [3.63, 3.8) is 0 Å². The van der Waals surface area contributed by atoms with E-state index in [1.54, 1.807) is 0 Å². The van der Waals surface area contributed by atoms with Crippen molar-refractivity contribution in [3.05, 3.63) is 71.1 Å². The van der Waals surface area contributed by atoms with Crippen LogP contribution in [0.5, 0.6) is 0 Å². The summed E-state index contributed by atoms with van der Waals surface area (Å²) in [5.41, 5.74) is 1.75. The highest BCUT2D eigenvalue weighted by Gasteiger charge is 2.12. The van der Waals surface area contributed by atoms with Crippen LogP contribution in [-0.2, 0) is 6.54 Å². The lowest BCUT2D eigenvalue weighted by Crippen LogP contribution is -2.30. The van der Waals surface area contributed by atoms with E-state index in [1.165, 1.54) is 0 Å². The average Bonchev–Trinajstić information content (AvgIpc) is 3.04. The van der Waals surface area contributed by atoms with Crippen molar-refractivity contribution in [1.82, 2.24) is 20.3 Å². The van der Waals surface area contributed by atoms with Gasteiger partial charge < -0.3 is 0 Å². The monoisotopic (exact) mass is 280 g/mol. The van der Waals surface area contributed by atoms with Crippen LogP contribution < -0.4 is 5.12 Å². The predicted molar refractivity (Wildman–Crippen MR) is 77.4 cm³/mol. The molecule has 0 aliphatic rings. The largest absolute Gasteiger partial charge is 0.207 e. The minimum Gasteiger partial charge on any atom is -0.125 e. The summed E-state index contributed by atoms with van der Waals surface area (Å²) in [4.78, 5) is 12.1. The van der Waals surface area contributed by atoms with Crippen LogP contribution in [0.1, 0.15) is 5.56 Å². The van der Waals surface area contributed by atoms with Gasteiger partial charge in [-0.1, -0.05) is 60.7 Å². The van der Waals surface area contributed by atoms with Crippen LogP contribution >= 0.6 is 0 Å². The molecule has 0 aliphatic carbocycles. The maximum absolute atomic E-state index is 11.0. The Balaban J connectivity index is 1.82. The number of tetrazole rings is 1. The lowest BCUT2D eigenvalue weighted by Gasteiger charge is -2.11. The first-order valence-electron chi connectivity index (χ1n) is 6.37. The van der Waals surface area contributed by atoms with Crippen molar-refractivity contribution in [3.8, 4) is 11.4 Å². The van der Waals surface area contributed by atoms with E-state index in [0.717, 1.165) is 21.2 Å². The smallest absolute Gasteiger partial charge is 0.125 e. The molecule has 3 aromatic rings. The number of hydrogen-bond acceptors (Lipinski definition) is 5. The lowest BCUT2D eigenvalue weighted by molar-refractivity contribution is 0.467. The molecule has 0 saturated carbocycles. The molecule has 7 nitrogen and oxygen atoms in total. The van der Waals surface area contributed by atoms with E-state index in [9.17, 15) is 4.91 Å². The molecule has 0 spiro atoms. The van der Waals surface area contributed by atoms with Gasteiger partial charge in [-0.3, -0.25) is 0 Å². The fourth-order valence-electron chi connectivity index (χ4n) is 1.88. The molecule has 21 heavy (non-hydrogen) atoms. The summed E-state index contributed by atoms with van der Waals surface area (Å²) in [7, 11) is 0. The minimum absolute atomic E-state index is 0.273. The molecule has 0 N–H and O–H groups in total. The molecule has 0 radical (unpaired) electrons. The Morgan fingerprint density at radius 2 is 1.67 bits per heavy atom. The quantitative estimate of drug-likeness (QED) is 0.528. The second-order valence-electron chi connectivity index (χ2n) is 4.35. The molecular formula is C14H12N6O. The third kappa shape index (κ3) is 2.92. The van der Waals surface area contributed by atoms with Crippen LogP contribution in [0.2, 0.25) is 0 Å². The number of nitroso groups, excluding NO2 is 1. The number of benzene rings is 2. The van der Waals surface area contributed by atoms with Crippen molar-refractivity contribution in [2.24, 2.45) is 5.29 Å². The van der Waals surface area contributed by atoms with Gasteiger partial charge in [0.05, 0.1) is 11.8 Å². The molecule has 0 fully saturated rings. The fourth-order valence-corrected chi connectivity index (χ4v) is 1.88. The maximum Gasteiger partial charge on any atom is 0.207 e. The second kappa shape index (κ2) is 5.91. The summed E-state index contributed by atoms with van der Waals surface area (Å²) in [6.45, 7) is 0.273. The lowest BCUT2D eigenvalue weighted by atomic mass is 10.2. The number of aromatic nitrogens is 4. The topological polar surface area (TPSA) is 76.3 Å². The Kier molecular flexibility index (Phi) is 3.64. The second-order valence-corrected chi connectivity index (χ2v) is 4.35. The van der Waals surface area contributed by atoms with Crippen molar-refractivity contribution in [2.45, 2.75) is 6.54 Å². The van der Waals surface area contributed by atoms with E-state index in [0.29, 0.717) is 5.82 Å². The first-order valence-corrected chi connectivity index (χ1v) is 6.37. The maximum atomic E-state index is 11.0. The molecule has 2 aromatic carbocycles.